The number of aliphatic hydroxyl groups is 1. The number of phenols is 1. The minimum atomic E-state index is -0.767. The van der Waals surface area contributed by atoms with Crippen LogP contribution in [0, 0.1) is 0 Å². The first kappa shape index (κ1) is 15.0. The zero-order valence-corrected chi connectivity index (χ0v) is 11.0. The van der Waals surface area contributed by atoms with E-state index in [9.17, 15) is 9.59 Å². The van der Waals surface area contributed by atoms with Gasteiger partial charge in [-0.3, -0.25) is 9.59 Å². The first-order valence-electron chi connectivity index (χ1n) is 5.98. The Kier molecular flexibility index (Phi) is 5.32. The molecular formula is C13H18N2O4. The number of amides is 2. The van der Waals surface area contributed by atoms with Crippen LogP contribution in [0.25, 0.3) is 0 Å². The molecule has 0 spiro atoms. The molecule has 3 N–H and O–H groups in total. The fourth-order valence-corrected chi connectivity index (χ4v) is 1.47. The predicted octanol–water partition coefficient (Wildman–Crippen LogP) is 0.242. The lowest BCUT2D eigenvalue weighted by molar-refractivity contribution is -0.138. The summed E-state index contributed by atoms with van der Waals surface area (Å²) in [5, 5.41) is 20.6. The zero-order valence-electron chi connectivity index (χ0n) is 11.0. The van der Waals surface area contributed by atoms with Gasteiger partial charge in [0, 0.05) is 12.7 Å². The van der Waals surface area contributed by atoms with Crippen molar-refractivity contribution in [2.24, 2.45) is 0 Å². The van der Waals surface area contributed by atoms with Gasteiger partial charge in [-0.25, -0.2) is 0 Å². The van der Waals surface area contributed by atoms with Gasteiger partial charge in [-0.15, -0.1) is 0 Å². The Balaban J connectivity index is 2.71. The number of nitrogens with zero attached hydrogens (tertiary/aromatic N) is 1. The summed E-state index contributed by atoms with van der Waals surface area (Å²) < 4.78 is 0. The van der Waals surface area contributed by atoms with Crippen LogP contribution < -0.4 is 10.2 Å². The number of likely N-dealkylation sites (N-methyl/N-ethyl adjacent to an activating group) is 1. The summed E-state index contributed by atoms with van der Waals surface area (Å²) >= 11 is 0. The average molecular weight is 266 g/mol. The van der Waals surface area contributed by atoms with E-state index in [4.69, 9.17) is 10.2 Å². The van der Waals surface area contributed by atoms with Crippen molar-refractivity contribution < 1.29 is 19.8 Å². The van der Waals surface area contributed by atoms with Crippen LogP contribution in [0.3, 0.4) is 0 Å². The number of carbonyl (C=O) groups excluding carboxylic acids is 2. The quantitative estimate of drug-likeness (QED) is 0.681. The van der Waals surface area contributed by atoms with E-state index in [0.717, 1.165) is 0 Å². The van der Waals surface area contributed by atoms with Gasteiger partial charge in [0.25, 0.3) is 0 Å². The van der Waals surface area contributed by atoms with E-state index < -0.39 is 17.9 Å². The minimum Gasteiger partial charge on any atom is -0.508 e. The number of phenolic OH excluding ortho intramolecular Hbond substituents is 1. The van der Waals surface area contributed by atoms with Gasteiger partial charge in [-0.2, -0.15) is 0 Å². The van der Waals surface area contributed by atoms with E-state index in [-0.39, 0.29) is 12.4 Å². The lowest BCUT2D eigenvalue weighted by atomic mass is 10.2. The second kappa shape index (κ2) is 6.75. The normalized spacial score (nSPS) is 11.7. The number of benzene rings is 1. The molecule has 0 aliphatic rings. The van der Waals surface area contributed by atoms with Crippen LogP contribution in [-0.4, -0.2) is 41.7 Å². The molecule has 0 heterocycles. The van der Waals surface area contributed by atoms with Crippen LogP contribution in [0.15, 0.2) is 24.3 Å². The van der Waals surface area contributed by atoms with Gasteiger partial charge in [-0.1, -0.05) is 6.92 Å². The highest BCUT2D eigenvalue weighted by molar-refractivity contribution is 6.40. The van der Waals surface area contributed by atoms with Crippen molar-refractivity contribution in [2.75, 3.05) is 18.6 Å². The van der Waals surface area contributed by atoms with Crippen LogP contribution >= 0.6 is 0 Å². The van der Waals surface area contributed by atoms with Crippen molar-refractivity contribution in [1.29, 1.82) is 0 Å². The van der Waals surface area contributed by atoms with E-state index in [1.54, 1.807) is 6.92 Å². The third-order valence-electron chi connectivity index (χ3n) is 2.78. The van der Waals surface area contributed by atoms with Gasteiger partial charge in [0.2, 0.25) is 0 Å². The van der Waals surface area contributed by atoms with Crippen molar-refractivity contribution in [1.82, 2.24) is 5.32 Å². The molecule has 1 rings (SSSR count). The molecule has 6 nitrogen and oxygen atoms in total. The van der Waals surface area contributed by atoms with Gasteiger partial charge in [0.15, 0.2) is 0 Å². The Morgan fingerprint density at radius 2 is 1.89 bits per heavy atom. The SMILES string of the molecule is CCC(CO)NC(=O)C(=O)N(C)c1ccc(O)cc1. The maximum absolute atomic E-state index is 11.9. The lowest BCUT2D eigenvalue weighted by Gasteiger charge is -2.19. The lowest BCUT2D eigenvalue weighted by Crippen LogP contribution is -2.46. The Morgan fingerprint density at radius 1 is 1.32 bits per heavy atom. The smallest absolute Gasteiger partial charge is 0.316 e. The molecular weight excluding hydrogens is 248 g/mol. The highest BCUT2D eigenvalue weighted by atomic mass is 16.3. The zero-order chi connectivity index (χ0) is 14.4. The van der Waals surface area contributed by atoms with Crippen LogP contribution in [0.4, 0.5) is 5.69 Å². The third-order valence-corrected chi connectivity index (χ3v) is 2.78. The van der Waals surface area contributed by atoms with Crippen LogP contribution in [0.1, 0.15) is 13.3 Å². The second-order valence-corrected chi connectivity index (χ2v) is 4.14. The summed E-state index contributed by atoms with van der Waals surface area (Å²) in [5.41, 5.74) is 0.495. The van der Waals surface area contributed by atoms with E-state index in [1.807, 2.05) is 0 Å². The maximum atomic E-state index is 11.9. The fourth-order valence-electron chi connectivity index (χ4n) is 1.47. The monoisotopic (exact) mass is 266 g/mol. The number of hydrogen-bond donors (Lipinski definition) is 3. The number of rotatable bonds is 4. The summed E-state index contributed by atoms with van der Waals surface area (Å²) in [6, 6.07) is 5.50. The Labute approximate surface area is 111 Å². The molecule has 0 aliphatic carbocycles. The summed E-state index contributed by atoms with van der Waals surface area (Å²) in [4.78, 5) is 24.7. The third kappa shape index (κ3) is 3.96. The first-order chi connectivity index (χ1) is 8.99. The molecule has 0 bridgehead atoms. The molecule has 0 aliphatic heterocycles. The highest BCUT2D eigenvalue weighted by Crippen LogP contribution is 2.17. The number of anilines is 1. The average Bonchev–Trinajstić information content (AvgIpc) is 2.43. The summed E-state index contributed by atoms with van der Waals surface area (Å²) in [6.07, 6.45) is 0.540. The standard InChI is InChI=1S/C13H18N2O4/c1-3-9(8-16)14-12(18)13(19)15(2)10-4-6-11(17)7-5-10/h4-7,9,16-17H,3,8H2,1-2H3,(H,14,18). The maximum Gasteiger partial charge on any atom is 0.316 e. The minimum absolute atomic E-state index is 0.0837. The van der Waals surface area contributed by atoms with Crippen molar-refractivity contribution in [3.63, 3.8) is 0 Å². The molecule has 2 amide bonds. The molecule has 1 aromatic rings. The molecule has 0 radical (unpaired) electrons. The second-order valence-electron chi connectivity index (χ2n) is 4.14. The molecule has 1 atom stereocenters. The molecule has 0 aromatic heterocycles. The van der Waals surface area contributed by atoms with Crippen molar-refractivity contribution >= 4 is 17.5 Å². The van der Waals surface area contributed by atoms with Crippen LogP contribution in [-0.2, 0) is 9.59 Å². The largest absolute Gasteiger partial charge is 0.508 e. The number of aliphatic hydroxyl groups excluding tert-OH is 1. The topological polar surface area (TPSA) is 89.9 Å². The highest BCUT2D eigenvalue weighted by Gasteiger charge is 2.21. The van der Waals surface area contributed by atoms with Crippen LogP contribution in [0.2, 0.25) is 0 Å². The number of aromatic hydroxyl groups is 1. The van der Waals surface area contributed by atoms with Gasteiger partial charge in [-0.05, 0) is 30.7 Å². The molecule has 104 valence electrons. The van der Waals surface area contributed by atoms with E-state index in [2.05, 4.69) is 5.32 Å². The summed E-state index contributed by atoms with van der Waals surface area (Å²) in [5.74, 6) is -1.41. The summed E-state index contributed by atoms with van der Waals surface area (Å²) in [6.45, 7) is 1.59. The predicted molar refractivity (Wildman–Crippen MR) is 70.8 cm³/mol. The Hall–Kier alpha value is -2.08. The van der Waals surface area contributed by atoms with Crippen molar-refractivity contribution in [3.8, 4) is 5.75 Å². The van der Waals surface area contributed by atoms with Crippen molar-refractivity contribution in [2.45, 2.75) is 19.4 Å². The number of carbonyl (C=O) groups is 2. The van der Waals surface area contributed by atoms with Gasteiger partial charge in [0.1, 0.15) is 5.75 Å². The fraction of sp³-hybridized carbons (Fsp3) is 0.385. The molecule has 1 unspecified atom stereocenters. The van der Waals surface area contributed by atoms with Crippen LogP contribution in [0.5, 0.6) is 5.75 Å². The summed E-state index contributed by atoms with van der Waals surface area (Å²) in [7, 11) is 1.47. The van der Waals surface area contributed by atoms with Gasteiger partial charge >= 0.3 is 11.8 Å². The molecule has 0 saturated heterocycles. The molecule has 19 heavy (non-hydrogen) atoms. The molecule has 6 heteroatoms. The number of nitrogens with one attached hydrogen (secondary N) is 1. The van der Waals surface area contributed by atoms with E-state index in [0.29, 0.717) is 12.1 Å². The molecule has 0 saturated carbocycles. The Bertz CT molecular complexity index is 440. The molecule has 0 fully saturated rings. The van der Waals surface area contributed by atoms with Crippen molar-refractivity contribution in [3.05, 3.63) is 24.3 Å². The first-order valence-corrected chi connectivity index (χ1v) is 5.98. The Morgan fingerprint density at radius 3 is 2.37 bits per heavy atom. The molecule has 1 aromatic carbocycles. The van der Waals surface area contributed by atoms with Gasteiger partial charge < -0.3 is 20.4 Å². The van der Waals surface area contributed by atoms with E-state index in [1.165, 1.54) is 36.2 Å². The van der Waals surface area contributed by atoms with E-state index >= 15 is 0 Å². The van der Waals surface area contributed by atoms with Gasteiger partial charge in [0.05, 0.1) is 12.6 Å². The number of hydrogen-bond acceptors (Lipinski definition) is 4.